The van der Waals surface area contributed by atoms with Crippen LogP contribution in [-0.2, 0) is 9.47 Å². The molecule has 2 atom stereocenters. The Morgan fingerprint density at radius 1 is 0.912 bits per heavy atom. The zero-order valence-corrected chi connectivity index (χ0v) is 19.0. The van der Waals surface area contributed by atoms with Crippen LogP contribution in [-0.4, -0.2) is 55.9 Å². The number of benzene rings is 3. The first-order valence-corrected chi connectivity index (χ1v) is 11.2. The average molecular weight is 464 g/mol. The summed E-state index contributed by atoms with van der Waals surface area (Å²) in [7, 11) is 1.60. The lowest BCUT2D eigenvalue weighted by atomic mass is 9.98. The van der Waals surface area contributed by atoms with Gasteiger partial charge in [-0.25, -0.2) is 4.79 Å². The first kappa shape index (κ1) is 23.8. The van der Waals surface area contributed by atoms with E-state index in [2.05, 4.69) is 29.6 Å². The highest BCUT2D eigenvalue weighted by atomic mass is 16.5. The van der Waals surface area contributed by atoms with E-state index in [4.69, 9.17) is 14.2 Å². The van der Waals surface area contributed by atoms with Gasteiger partial charge in [-0.3, -0.25) is 0 Å². The molecule has 34 heavy (non-hydrogen) atoms. The predicted molar refractivity (Wildman–Crippen MR) is 128 cm³/mol. The summed E-state index contributed by atoms with van der Waals surface area (Å²) in [5, 5.41) is 23.3. The highest BCUT2D eigenvalue weighted by molar-refractivity contribution is 5.79. The first-order valence-electron chi connectivity index (χ1n) is 11.2. The molecular formula is C27H29NO6. The van der Waals surface area contributed by atoms with Crippen molar-refractivity contribution in [2.45, 2.75) is 18.1 Å². The van der Waals surface area contributed by atoms with Gasteiger partial charge in [-0.1, -0.05) is 60.7 Å². The number of methoxy groups -OCH3 is 1. The van der Waals surface area contributed by atoms with E-state index in [0.717, 1.165) is 22.3 Å². The van der Waals surface area contributed by atoms with Crippen molar-refractivity contribution < 1.29 is 29.2 Å². The lowest BCUT2D eigenvalue weighted by molar-refractivity contribution is 0.0185. The van der Waals surface area contributed by atoms with E-state index in [1.165, 1.54) is 0 Å². The van der Waals surface area contributed by atoms with Gasteiger partial charge in [-0.2, -0.15) is 0 Å². The molecule has 0 fully saturated rings. The van der Waals surface area contributed by atoms with Crippen molar-refractivity contribution in [1.82, 2.24) is 5.32 Å². The Kier molecular flexibility index (Phi) is 7.80. The number of ether oxygens (including phenoxy) is 3. The third-order valence-electron chi connectivity index (χ3n) is 5.94. The number of alkyl carbamates (subject to hydrolysis) is 1. The molecule has 0 saturated heterocycles. The van der Waals surface area contributed by atoms with E-state index in [1.54, 1.807) is 31.4 Å². The Morgan fingerprint density at radius 3 is 2.15 bits per heavy atom. The van der Waals surface area contributed by atoms with Crippen molar-refractivity contribution in [3.63, 3.8) is 0 Å². The topological polar surface area (TPSA) is 97.3 Å². The Bertz CT molecular complexity index is 1050. The molecule has 3 N–H and O–H groups in total. The molecule has 7 nitrogen and oxygen atoms in total. The van der Waals surface area contributed by atoms with E-state index in [-0.39, 0.29) is 19.1 Å². The molecule has 1 aliphatic carbocycles. The zero-order chi connectivity index (χ0) is 23.9. The van der Waals surface area contributed by atoms with Crippen LogP contribution in [0.25, 0.3) is 11.1 Å². The van der Waals surface area contributed by atoms with Gasteiger partial charge in [0.2, 0.25) is 0 Å². The van der Waals surface area contributed by atoms with Crippen molar-refractivity contribution in [2.75, 3.05) is 33.5 Å². The van der Waals surface area contributed by atoms with E-state index < -0.39 is 18.3 Å². The minimum absolute atomic E-state index is 0.0433. The van der Waals surface area contributed by atoms with Gasteiger partial charge >= 0.3 is 6.09 Å². The third kappa shape index (κ3) is 5.39. The Morgan fingerprint density at radius 2 is 1.53 bits per heavy atom. The van der Waals surface area contributed by atoms with Gasteiger partial charge < -0.3 is 29.7 Å². The summed E-state index contributed by atoms with van der Waals surface area (Å²) in [6, 6.07) is 23.0. The minimum Gasteiger partial charge on any atom is -0.491 e. The van der Waals surface area contributed by atoms with E-state index in [9.17, 15) is 15.0 Å². The average Bonchev–Trinajstić information content (AvgIpc) is 3.20. The number of hydrogen-bond donors (Lipinski definition) is 3. The van der Waals surface area contributed by atoms with Crippen LogP contribution in [0.4, 0.5) is 4.79 Å². The Labute approximate surface area is 198 Å². The molecule has 0 saturated carbocycles. The summed E-state index contributed by atoms with van der Waals surface area (Å²) in [5.74, 6) is 0.595. The van der Waals surface area contributed by atoms with Crippen LogP contribution in [0.5, 0.6) is 5.75 Å². The van der Waals surface area contributed by atoms with Gasteiger partial charge in [-0.15, -0.1) is 0 Å². The number of aliphatic hydroxyl groups is 2. The fraction of sp³-hybridized carbons (Fsp3) is 0.296. The van der Waals surface area contributed by atoms with Crippen molar-refractivity contribution in [3.8, 4) is 16.9 Å². The van der Waals surface area contributed by atoms with Crippen LogP contribution in [0.15, 0.2) is 72.8 Å². The van der Waals surface area contributed by atoms with Gasteiger partial charge in [0.05, 0.1) is 6.61 Å². The highest BCUT2D eigenvalue weighted by Crippen LogP contribution is 2.44. The minimum atomic E-state index is -1.19. The Balaban J connectivity index is 1.27. The fourth-order valence-electron chi connectivity index (χ4n) is 4.18. The number of nitrogens with one attached hydrogen (secondary N) is 1. The molecule has 0 aliphatic heterocycles. The second kappa shape index (κ2) is 11.2. The maximum atomic E-state index is 12.3. The number of fused-ring (bicyclic) bond motifs is 3. The van der Waals surface area contributed by atoms with Crippen LogP contribution < -0.4 is 10.1 Å². The molecule has 3 aromatic carbocycles. The summed E-state index contributed by atoms with van der Waals surface area (Å²) in [5.41, 5.74) is 5.07. The van der Waals surface area contributed by atoms with E-state index >= 15 is 0 Å². The number of carbonyl (C=O) groups excluding carboxylic acids is 1. The van der Waals surface area contributed by atoms with Gasteiger partial charge in [-0.05, 0) is 39.9 Å². The Hall–Kier alpha value is -3.39. The molecule has 0 spiro atoms. The molecule has 0 bridgehead atoms. The molecule has 1 amide bonds. The molecule has 4 rings (SSSR count). The third-order valence-corrected chi connectivity index (χ3v) is 5.94. The molecule has 178 valence electrons. The number of aliphatic hydroxyl groups excluding tert-OH is 2. The maximum Gasteiger partial charge on any atom is 0.407 e. The van der Waals surface area contributed by atoms with Gasteiger partial charge in [0.1, 0.15) is 31.2 Å². The second-order valence-electron chi connectivity index (χ2n) is 8.13. The van der Waals surface area contributed by atoms with Crippen molar-refractivity contribution >= 4 is 6.09 Å². The molecule has 1 aliphatic rings. The highest BCUT2D eigenvalue weighted by Gasteiger charge is 2.29. The van der Waals surface area contributed by atoms with Gasteiger partial charge in [0.25, 0.3) is 0 Å². The normalized spacial score (nSPS) is 14.1. The largest absolute Gasteiger partial charge is 0.491 e. The summed E-state index contributed by atoms with van der Waals surface area (Å²) in [6.45, 7) is 0.933. The lowest BCUT2D eigenvalue weighted by Gasteiger charge is -2.19. The smallest absolute Gasteiger partial charge is 0.407 e. The van der Waals surface area contributed by atoms with Crippen molar-refractivity contribution in [2.24, 2.45) is 0 Å². The van der Waals surface area contributed by atoms with Crippen LogP contribution in [0.3, 0.4) is 0 Å². The summed E-state index contributed by atoms with van der Waals surface area (Å²) in [6.07, 6.45) is -3.00. The second-order valence-corrected chi connectivity index (χ2v) is 8.13. The van der Waals surface area contributed by atoms with Crippen molar-refractivity contribution in [3.05, 3.63) is 89.5 Å². The zero-order valence-electron chi connectivity index (χ0n) is 19.0. The SMILES string of the molecule is COCCOc1ccc(C(O)C(O)CNC(=O)OCC2c3ccccc3-c3ccccc32)cc1. The quantitative estimate of drug-likeness (QED) is 0.397. The number of rotatable bonds is 10. The molecule has 3 aromatic rings. The molecule has 0 aromatic heterocycles. The number of amides is 1. The summed E-state index contributed by atoms with van der Waals surface area (Å²) < 4.78 is 15.9. The van der Waals surface area contributed by atoms with Crippen LogP contribution in [0.1, 0.15) is 28.7 Å². The molecule has 0 radical (unpaired) electrons. The molecule has 0 heterocycles. The number of hydrogen-bond acceptors (Lipinski definition) is 6. The fourth-order valence-corrected chi connectivity index (χ4v) is 4.18. The summed E-state index contributed by atoms with van der Waals surface area (Å²) in [4.78, 5) is 12.3. The monoisotopic (exact) mass is 463 g/mol. The lowest BCUT2D eigenvalue weighted by Crippen LogP contribution is -2.36. The van der Waals surface area contributed by atoms with Gasteiger partial charge in [0, 0.05) is 19.6 Å². The first-order chi connectivity index (χ1) is 16.6. The molecule has 7 heteroatoms. The standard InChI is InChI=1S/C27H29NO6/c1-32-14-15-33-19-12-10-18(11-13-19)26(30)25(29)16-28-27(31)34-17-24-22-8-4-2-6-20(22)21-7-3-5-9-23(21)24/h2-13,24-26,29-30H,14-17H2,1H3,(H,28,31). The summed E-state index contributed by atoms with van der Waals surface area (Å²) >= 11 is 0. The predicted octanol–water partition coefficient (Wildman–Crippen LogP) is 3.64. The van der Waals surface area contributed by atoms with E-state index in [0.29, 0.717) is 24.5 Å². The molecule has 2 unspecified atom stereocenters. The molecular weight excluding hydrogens is 434 g/mol. The maximum absolute atomic E-state index is 12.3. The van der Waals surface area contributed by atoms with E-state index in [1.807, 2.05) is 24.3 Å². The van der Waals surface area contributed by atoms with Gasteiger partial charge in [0.15, 0.2) is 0 Å². The van der Waals surface area contributed by atoms with Crippen molar-refractivity contribution in [1.29, 1.82) is 0 Å². The van der Waals surface area contributed by atoms with Crippen LogP contribution >= 0.6 is 0 Å². The number of carbonyl (C=O) groups is 1. The van der Waals surface area contributed by atoms with Crippen LogP contribution in [0, 0.1) is 0 Å². The van der Waals surface area contributed by atoms with Crippen LogP contribution in [0.2, 0.25) is 0 Å².